The fourth-order valence-electron chi connectivity index (χ4n) is 3.12. The third-order valence-electron chi connectivity index (χ3n) is 5.01. The minimum Gasteiger partial charge on any atom is -0.487 e. The van der Waals surface area contributed by atoms with Crippen LogP contribution in [0.1, 0.15) is 49.2 Å². The smallest absolute Gasteiger partial charge is 0.272 e. The van der Waals surface area contributed by atoms with Crippen molar-refractivity contribution < 1.29 is 23.8 Å². The standard InChI is InChI=1S/C24H32ClN3O6/c1-5-7-11-34-23-21(24(31)26-13-16-9-8-10-17(25)12-16)28(15-20(32-3)33-4)14-18(22(23)30)27-19(29)6-2/h8-10,12,14,20H,5-7,11,13,15H2,1-4H3,(H,26,31)(H,27,29). The molecular weight excluding hydrogens is 462 g/mol. The van der Waals surface area contributed by atoms with E-state index in [2.05, 4.69) is 10.6 Å². The molecule has 2 amide bonds. The van der Waals surface area contributed by atoms with Gasteiger partial charge in [0, 0.05) is 38.4 Å². The predicted molar refractivity (Wildman–Crippen MR) is 130 cm³/mol. The molecule has 1 aromatic heterocycles. The van der Waals surface area contributed by atoms with Crippen LogP contribution in [0.25, 0.3) is 0 Å². The third-order valence-corrected chi connectivity index (χ3v) is 5.24. The van der Waals surface area contributed by atoms with Gasteiger partial charge in [0.15, 0.2) is 17.7 Å². The van der Waals surface area contributed by atoms with Gasteiger partial charge in [-0.15, -0.1) is 0 Å². The number of nitrogens with zero attached hydrogens (tertiary/aromatic N) is 1. The second-order valence-corrected chi connectivity index (χ2v) is 7.96. The number of carbonyl (C=O) groups is 2. The highest BCUT2D eigenvalue weighted by Crippen LogP contribution is 2.20. The van der Waals surface area contributed by atoms with E-state index in [9.17, 15) is 14.4 Å². The van der Waals surface area contributed by atoms with Gasteiger partial charge in [-0.3, -0.25) is 14.4 Å². The topological polar surface area (TPSA) is 108 Å². The van der Waals surface area contributed by atoms with Gasteiger partial charge in [-0.2, -0.15) is 0 Å². The van der Waals surface area contributed by atoms with E-state index in [1.54, 1.807) is 25.1 Å². The summed E-state index contributed by atoms with van der Waals surface area (Å²) in [6.45, 7) is 4.17. The summed E-state index contributed by atoms with van der Waals surface area (Å²) in [5.74, 6) is -1.00. The average Bonchev–Trinajstić information content (AvgIpc) is 2.83. The molecule has 2 aromatic rings. The van der Waals surface area contributed by atoms with Crippen molar-refractivity contribution in [2.45, 2.75) is 52.5 Å². The quantitative estimate of drug-likeness (QED) is 0.326. The molecule has 0 spiro atoms. The Labute approximate surface area is 204 Å². The highest BCUT2D eigenvalue weighted by Gasteiger charge is 2.25. The van der Waals surface area contributed by atoms with Crippen LogP contribution in [-0.2, 0) is 27.4 Å². The van der Waals surface area contributed by atoms with E-state index >= 15 is 0 Å². The van der Waals surface area contributed by atoms with Crippen LogP contribution in [0.2, 0.25) is 5.02 Å². The number of ether oxygens (including phenoxy) is 3. The minimum absolute atomic E-state index is 0.00990. The predicted octanol–water partition coefficient (Wildman–Crippen LogP) is 3.58. The lowest BCUT2D eigenvalue weighted by molar-refractivity contribution is -0.115. The molecule has 0 radical (unpaired) electrons. The number of nitrogens with one attached hydrogen (secondary N) is 2. The summed E-state index contributed by atoms with van der Waals surface area (Å²) in [5, 5.41) is 5.95. The molecule has 0 saturated heterocycles. The zero-order chi connectivity index (χ0) is 25.1. The number of anilines is 1. The summed E-state index contributed by atoms with van der Waals surface area (Å²) in [5.41, 5.74) is 0.238. The summed E-state index contributed by atoms with van der Waals surface area (Å²) in [6, 6.07) is 7.09. The Balaban J connectivity index is 2.54. The van der Waals surface area contributed by atoms with Crippen molar-refractivity contribution in [2.75, 3.05) is 26.1 Å². The van der Waals surface area contributed by atoms with Crippen molar-refractivity contribution >= 4 is 29.1 Å². The first kappa shape index (κ1) is 27.4. The molecule has 1 heterocycles. The van der Waals surface area contributed by atoms with Crippen molar-refractivity contribution in [1.29, 1.82) is 0 Å². The van der Waals surface area contributed by atoms with Crippen LogP contribution in [-0.4, -0.2) is 43.5 Å². The number of amides is 2. The van der Waals surface area contributed by atoms with Crippen LogP contribution in [0.4, 0.5) is 5.69 Å². The SMILES string of the molecule is CCCCOc1c(C(=O)NCc2cccc(Cl)c2)n(CC(OC)OC)cc(NC(=O)CC)c1=O. The van der Waals surface area contributed by atoms with E-state index in [0.717, 1.165) is 12.0 Å². The van der Waals surface area contributed by atoms with Crippen molar-refractivity contribution in [1.82, 2.24) is 9.88 Å². The Kier molecular flexibility index (Phi) is 11.1. The van der Waals surface area contributed by atoms with E-state index in [4.69, 9.17) is 25.8 Å². The van der Waals surface area contributed by atoms with Crippen molar-refractivity contribution in [3.63, 3.8) is 0 Å². The molecule has 34 heavy (non-hydrogen) atoms. The van der Waals surface area contributed by atoms with E-state index < -0.39 is 17.6 Å². The molecule has 0 aliphatic heterocycles. The Hall–Kier alpha value is -2.88. The number of carbonyl (C=O) groups excluding carboxylic acids is 2. The third kappa shape index (κ3) is 7.58. The molecule has 0 saturated carbocycles. The number of hydrogen-bond donors (Lipinski definition) is 2. The van der Waals surface area contributed by atoms with E-state index in [-0.39, 0.29) is 49.2 Å². The molecule has 0 atom stereocenters. The molecule has 0 aliphatic carbocycles. The van der Waals surface area contributed by atoms with Gasteiger partial charge >= 0.3 is 0 Å². The van der Waals surface area contributed by atoms with Crippen LogP contribution in [0.15, 0.2) is 35.3 Å². The van der Waals surface area contributed by atoms with Crippen LogP contribution >= 0.6 is 11.6 Å². The Morgan fingerprint density at radius 3 is 2.53 bits per heavy atom. The van der Waals surface area contributed by atoms with Crippen LogP contribution in [0.3, 0.4) is 0 Å². The van der Waals surface area contributed by atoms with Gasteiger partial charge in [-0.05, 0) is 24.1 Å². The number of pyridine rings is 1. The molecule has 2 rings (SSSR count). The van der Waals surface area contributed by atoms with Gasteiger partial charge in [0.2, 0.25) is 11.3 Å². The van der Waals surface area contributed by atoms with Gasteiger partial charge in [0.25, 0.3) is 5.91 Å². The number of rotatable bonds is 13. The second-order valence-electron chi connectivity index (χ2n) is 7.52. The highest BCUT2D eigenvalue weighted by atomic mass is 35.5. The molecule has 0 aliphatic rings. The number of benzene rings is 1. The first-order chi connectivity index (χ1) is 16.3. The van der Waals surface area contributed by atoms with Gasteiger partial charge in [0.1, 0.15) is 5.69 Å². The molecule has 0 unspecified atom stereocenters. The molecule has 0 fully saturated rings. The van der Waals surface area contributed by atoms with Crippen LogP contribution < -0.4 is 20.8 Å². The molecule has 2 N–H and O–H groups in total. The van der Waals surface area contributed by atoms with Crippen molar-refractivity contribution in [3.05, 3.63) is 57.0 Å². The maximum atomic E-state index is 13.3. The summed E-state index contributed by atoms with van der Waals surface area (Å²) in [4.78, 5) is 38.6. The lowest BCUT2D eigenvalue weighted by atomic mass is 10.2. The maximum Gasteiger partial charge on any atom is 0.272 e. The Morgan fingerprint density at radius 2 is 1.91 bits per heavy atom. The normalized spacial score (nSPS) is 10.9. The summed E-state index contributed by atoms with van der Waals surface area (Å²) in [6.07, 6.45) is 2.41. The number of aromatic nitrogens is 1. The Bertz CT molecular complexity index is 1040. The first-order valence-electron chi connectivity index (χ1n) is 11.1. The van der Waals surface area contributed by atoms with E-state index in [1.807, 2.05) is 13.0 Å². The second kappa shape index (κ2) is 13.7. The van der Waals surface area contributed by atoms with Gasteiger partial charge in [-0.1, -0.05) is 44.0 Å². The van der Waals surface area contributed by atoms with Crippen LogP contribution in [0.5, 0.6) is 5.75 Å². The zero-order valence-corrected chi connectivity index (χ0v) is 20.7. The molecular formula is C24H32ClN3O6. The Morgan fingerprint density at radius 1 is 1.18 bits per heavy atom. The van der Waals surface area contributed by atoms with Gasteiger partial charge < -0.3 is 29.4 Å². The van der Waals surface area contributed by atoms with Gasteiger partial charge in [0.05, 0.1) is 13.2 Å². The lowest BCUT2D eigenvalue weighted by Gasteiger charge is -2.22. The van der Waals surface area contributed by atoms with E-state index in [1.165, 1.54) is 25.0 Å². The summed E-state index contributed by atoms with van der Waals surface area (Å²) >= 11 is 6.04. The molecule has 0 bridgehead atoms. The molecule has 10 heteroatoms. The number of hydrogen-bond acceptors (Lipinski definition) is 6. The van der Waals surface area contributed by atoms with Gasteiger partial charge in [-0.25, -0.2) is 0 Å². The lowest BCUT2D eigenvalue weighted by Crippen LogP contribution is -2.33. The fraction of sp³-hybridized carbons (Fsp3) is 0.458. The molecule has 9 nitrogen and oxygen atoms in total. The van der Waals surface area contributed by atoms with Crippen molar-refractivity contribution in [3.8, 4) is 5.75 Å². The average molecular weight is 494 g/mol. The largest absolute Gasteiger partial charge is 0.487 e. The summed E-state index contributed by atoms with van der Waals surface area (Å²) < 4.78 is 17.9. The fourth-order valence-corrected chi connectivity index (χ4v) is 3.33. The number of unbranched alkanes of at least 4 members (excludes halogenated alkanes) is 1. The number of methoxy groups -OCH3 is 2. The molecule has 186 valence electrons. The number of halogens is 1. The first-order valence-corrected chi connectivity index (χ1v) is 11.5. The van der Waals surface area contributed by atoms with Crippen molar-refractivity contribution in [2.24, 2.45) is 0 Å². The minimum atomic E-state index is -0.708. The highest BCUT2D eigenvalue weighted by molar-refractivity contribution is 6.30. The molecule has 1 aromatic carbocycles. The monoisotopic (exact) mass is 493 g/mol. The zero-order valence-electron chi connectivity index (χ0n) is 20.0. The van der Waals surface area contributed by atoms with Crippen LogP contribution in [0, 0.1) is 0 Å². The van der Waals surface area contributed by atoms with E-state index in [0.29, 0.717) is 11.4 Å². The maximum absolute atomic E-state index is 13.3. The summed E-state index contributed by atoms with van der Waals surface area (Å²) in [7, 11) is 2.93.